The Bertz CT molecular complexity index is 296. The van der Waals surface area contributed by atoms with Gasteiger partial charge in [-0.05, 0) is 25.4 Å². The Morgan fingerprint density at radius 3 is 3.25 bits per heavy atom. The van der Waals surface area contributed by atoms with Crippen LogP contribution in [0.3, 0.4) is 0 Å². The van der Waals surface area contributed by atoms with E-state index in [1.807, 2.05) is 0 Å². The van der Waals surface area contributed by atoms with Crippen LogP contribution in [-0.4, -0.2) is 27.9 Å². The molecular weight excluding hydrogens is 156 g/mol. The first-order chi connectivity index (χ1) is 5.86. The van der Waals surface area contributed by atoms with Crippen LogP contribution in [0.1, 0.15) is 6.42 Å². The highest BCUT2D eigenvalue weighted by Gasteiger charge is 2.15. The molecule has 1 aliphatic rings. The minimum absolute atomic E-state index is 0.109. The van der Waals surface area contributed by atoms with Crippen LogP contribution in [0.4, 0.5) is 0 Å². The molecule has 2 heterocycles. The fraction of sp³-hybridized carbons (Fsp3) is 0.714. The second-order valence-corrected chi connectivity index (χ2v) is 3.13. The fourth-order valence-electron chi connectivity index (χ4n) is 1.53. The molecule has 0 saturated carbocycles. The first-order valence-corrected chi connectivity index (χ1v) is 4.17. The molecule has 1 aromatic heterocycles. The monoisotopic (exact) mass is 168 g/mol. The van der Waals surface area contributed by atoms with Gasteiger partial charge in [-0.25, -0.2) is 9.48 Å². The van der Waals surface area contributed by atoms with Crippen LogP contribution in [0, 0.1) is 5.92 Å². The lowest BCUT2D eigenvalue weighted by Crippen LogP contribution is -2.24. The van der Waals surface area contributed by atoms with Crippen molar-refractivity contribution in [2.24, 2.45) is 5.92 Å². The summed E-state index contributed by atoms with van der Waals surface area (Å²) in [5, 5.41) is 7.15. The molecule has 1 aromatic rings. The van der Waals surface area contributed by atoms with E-state index < -0.39 is 0 Å². The van der Waals surface area contributed by atoms with Crippen LogP contribution in [0.5, 0.6) is 0 Å². The Hall–Kier alpha value is -1.10. The van der Waals surface area contributed by atoms with Gasteiger partial charge in [-0.1, -0.05) is 0 Å². The van der Waals surface area contributed by atoms with Crippen LogP contribution in [0.2, 0.25) is 0 Å². The predicted octanol–water partition coefficient (Wildman–Crippen LogP) is -0.819. The summed E-state index contributed by atoms with van der Waals surface area (Å²) in [6.45, 7) is 2.79. The molecule has 12 heavy (non-hydrogen) atoms. The second-order valence-electron chi connectivity index (χ2n) is 3.13. The van der Waals surface area contributed by atoms with Gasteiger partial charge >= 0.3 is 5.69 Å². The van der Waals surface area contributed by atoms with Crippen molar-refractivity contribution in [3.8, 4) is 0 Å². The van der Waals surface area contributed by atoms with Gasteiger partial charge in [-0.15, -0.1) is 0 Å². The molecule has 1 saturated heterocycles. The summed E-state index contributed by atoms with van der Waals surface area (Å²) in [6.07, 6.45) is 2.57. The lowest BCUT2D eigenvalue weighted by molar-refractivity contribution is 0.439. The van der Waals surface area contributed by atoms with Crippen molar-refractivity contribution in [2.75, 3.05) is 13.1 Å². The smallest absolute Gasteiger partial charge is 0.316 e. The minimum Gasteiger partial charge on any atom is -0.316 e. The highest BCUT2D eigenvalue weighted by Crippen LogP contribution is 2.07. The first-order valence-electron chi connectivity index (χ1n) is 4.17. The maximum Gasteiger partial charge on any atom is 0.343 e. The van der Waals surface area contributed by atoms with E-state index in [0.717, 1.165) is 26.1 Å². The van der Waals surface area contributed by atoms with Crippen molar-refractivity contribution < 1.29 is 0 Å². The number of rotatable bonds is 2. The Morgan fingerprint density at radius 2 is 2.67 bits per heavy atom. The number of nitrogens with one attached hydrogen (secondary N) is 2. The van der Waals surface area contributed by atoms with Gasteiger partial charge in [0.15, 0.2) is 0 Å². The second kappa shape index (κ2) is 3.10. The molecule has 1 aliphatic heterocycles. The molecule has 0 radical (unpaired) electrons. The zero-order valence-electron chi connectivity index (χ0n) is 6.79. The number of nitrogens with zero attached hydrogens (tertiary/aromatic N) is 2. The minimum atomic E-state index is -0.109. The van der Waals surface area contributed by atoms with E-state index in [0.29, 0.717) is 5.92 Å². The van der Waals surface area contributed by atoms with E-state index in [9.17, 15) is 4.79 Å². The summed E-state index contributed by atoms with van der Waals surface area (Å²) < 4.78 is 1.48. The lowest BCUT2D eigenvalue weighted by Gasteiger charge is -2.05. The third-order valence-electron chi connectivity index (χ3n) is 2.21. The highest BCUT2D eigenvalue weighted by molar-refractivity contribution is 4.72. The number of aromatic nitrogens is 3. The summed E-state index contributed by atoms with van der Waals surface area (Å²) in [4.78, 5) is 13.5. The molecule has 1 unspecified atom stereocenters. The summed E-state index contributed by atoms with van der Waals surface area (Å²) >= 11 is 0. The molecule has 5 heteroatoms. The number of hydrogen-bond donors (Lipinski definition) is 2. The van der Waals surface area contributed by atoms with Gasteiger partial charge in [0, 0.05) is 0 Å². The van der Waals surface area contributed by atoms with Gasteiger partial charge in [0.25, 0.3) is 0 Å². The molecule has 2 N–H and O–H groups in total. The molecule has 0 bridgehead atoms. The van der Waals surface area contributed by atoms with Crippen LogP contribution in [0.15, 0.2) is 11.1 Å². The van der Waals surface area contributed by atoms with Gasteiger partial charge < -0.3 is 5.32 Å². The molecule has 0 aromatic carbocycles. The molecule has 1 fully saturated rings. The summed E-state index contributed by atoms with van der Waals surface area (Å²) in [6, 6.07) is 0. The number of hydrogen-bond acceptors (Lipinski definition) is 3. The van der Waals surface area contributed by atoms with Crippen molar-refractivity contribution in [3.05, 3.63) is 16.8 Å². The third kappa shape index (κ3) is 1.40. The zero-order chi connectivity index (χ0) is 8.39. The SMILES string of the molecule is O=c1[nH]cnn1CC1CCNC1. The van der Waals surface area contributed by atoms with Crippen molar-refractivity contribution in [1.29, 1.82) is 0 Å². The summed E-state index contributed by atoms with van der Waals surface area (Å²) in [7, 11) is 0. The van der Waals surface area contributed by atoms with Crippen molar-refractivity contribution >= 4 is 0 Å². The van der Waals surface area contributed by atoms with Gasteiger partial charge in [-0.2, -0.15) is 5.10 Å². The third-order valence-corrected chi connectivity index (χ3v) is 2.21. The molecule has 5 nitrogen and oxygen atoms in total. The van der Waals surface area contributed by atoms with Crippen molar-refractivity contribution in [3.63, 3.8) is 0 Å². The van der Waals surface area contributed by atoms with Gasteiger partial charge in [0.2, 0.25) is 0 Å². The van der Waals surface area contributed by atoms with E-state index in [1.54, 1.807) is 0 Å². The molecule has 0 amide bonds. The maximum absolute atomic E-state index is 11.0. The number of aromatic amines is 1. The standard InChI is InChI=1S/C7H12N4O/c12-7-9-5-10-11(7)4-6-1-2-8-3-6/h5-6,8H,1-4H2,(H,9,10,12). The zero-order valence-corrected chi connectivity index (χ0v) is 6.79. The average molecular weight is 168 g/mol. The Labute approximate surface area is 69.8 Å². The molecular formula is C7H12N4O. The van der Waals surface area contributed by atoms with Crippen LogP contribution in [-0.2, 0) is 6.54 Å². The Balaban J connectivity index is 2.03. The Kier molecular flexibility index (Phi) is 1.95. The van der Waals surface area contributed by atoms with E-state index in [-0.39, 0.29) is 5.69 Å². The largest absolute Gasteiger partial charge is 0.343 e. The molecule has 66 valence electrons. The number of H-pyrrole nitrogens is 1. The average Bonchev–Trinajstić information content (AvgIpc) is 2.65. The van der Waals surface area contributed by atoms with Gasteiger partial charge in [-0.3, -0.25) is 4.98 Å². The van der Waals surface area contributed by atoms with E-state index >= 15 is 0 Å². The van der Waals surface area contributed by atoms with Crippen molar-refractivity contribution in [2.45, 2.75) is 13.0 Å². The van der Waals surface area contributed by atoms with Gasteiger partial charge in [0.1, 0.15) is 6.33 Å². The molecule has 2 rings (SSSR count). The first kappa shape index (κ1) is 7.54. The van der Waals surface area contributed by atoms with Crippen molar-refractivity contribution in [1.82, 2.24) is 20.1 Å². The van der Waals surface area contributed by atoms with Crippen LogP contribution in [0.25, 0.3) is 0 Å². The summed E-state index contributed by atoms with van der Waals surface area (Å²) in [5.74, 6) is 0.561. The normalized spacial score (nSPS) is 23.2. The topological polar surface area (TPSA) is 62.7 Å². The molecule has 0 spiro atoms. The quantitative estimate of drug-likeness (QED) is 0.606. The van der Waals surface area contributed by atoms with E-state index in [2.05, 4.69) is 15.4 Å². The predicted molar refractivity (Wildman–Crippen MR) is 43.8 cm³/mol. The van der Waals surface area contributed by atoms with E-state index in [1.165, 1.54) is 11.0 Å². The van der Waals surface area contributed by atoms with Crippen LogP contribution < -0.4 is 11.0 Å². The fourth-order valence-corrected chi connectivity index (χ4v) is 1.53. The van der Waals surface area contributed by atoms with Crippen LogP contribution >= 0.6 is 0 Å². The Morgan fingerprint density at radius 1 is 1.75 bits per heavy atom. The van der Waals surface area contributed by atoms with Gasteiger partial charge in [0.05, 0.1) is 6.54 Å². The summed E-state index contributed by atoms with van der Waals surface area (Å²) in [5.41, 5.74) is -0.109. The molecule has 1 atom stereocenters. The molecule has 0 aliphatic carbocycles. The highest BCUT2D eigenvalue weighted by atomic mass is 16.1. The lowest BCUT2D eigenvalue weighted by atomic mass is 10.1. The maximum atomic E-state index is 11.0. The van der Waals surface area contributed by atoms with E-state index in [4.69, 9.17) is 0 Å².